The van der Waals surface area contributed by atoms with E-state index < -0.39 is 0 Å². The molecule has 0 aliphatic heterocycles. The second kappa shape index (κ2) is 10.5. The van der Waals surface area contributed by atoms with Gasteiger partial charge in [0.2, 0.25) is 5.91 Å². The van der Waals surface area contributed by atoms with E-state index in [-0.39, 0.29) is 11.0 Å². The Bertz CT molecular complexity index is 1390. The van der Waals surface area contributed by atoms with Crippen LogP contribution in [0.25, 0.3) is 22.8 Å². The van der Waals surface area contributed by atoms with Crippen LogP contribution in [0, 0.1) is 13.8 Å². The molecule has 0 saturated heterocycles. The summed E-state index contributed by atoms with van der Waals surface area (Å²) in [5, 5.41) is 15.3. The van der Waals surface area contributed by atoms with E-state index in [0.717, 1.165) is 46.6 Å². The third kappa shape index (κ3) is 5.58. The van der Waals surface area contributed by atoms with Gasteiger partial charge in [-0.25, -0.2) is 0 Å². The molecule has 180 valence electrons. The number of nitrogens with one attached hydrogen (secondary N) is 2. The Balaban J connectivity index is 1.50. The van der Waals surface area contributed by atoms with Crippen molar-refractivity contribution in [1.29, 1.82) is 0 Å². The van der Waals surface area contributed by atoms with Crippen LogP contribution in [0.15, 0.2) is 59.2 Å². The van der Waals surface area contributed by atoms with E-state index >= 15 is 0 Å². The second-order valence-electron chi connectivity index (χ2n) is 8.08. The summed E-state index contributed by atoms with van der Waals surface area (Å²) in [6.45, 7) is 10.2. The number of thiocarbonyl (C=S) groups is 1. The van der Waals surface area contributed by atoms with Crippen LogP contribution >= 0.6 is 12.2 Å². The molecule has 2 N–H and O–H groups in total. The molecule has 1 amide bonds. The smallest absolute Gasteiger partial charge is 0.250 e. The lowest BCUT2D eigenvalue weighted by Gasteiger charge is -2.22. The largest absolute Gasteiger partial charge is 0.465 e. The maximum absolute atomic E-state index is 12.1. The first-order valence-corrected chi connectivity index (χ1v) is 11.9. The molecule has 8 nitrogen and oxygen atoms in total. The van der Waals surface area contributed by atoms with Gasteiger partial charge in [0.05, 0.1) is 12.0 Å². The molecule has 2 heterocycles. The Morgan fingerprint density at radius 1 is 1.09 bits per heavy atom. The zero-order valence-corrected chi connectivity index (χ0v) is 21.0. The molecule has 0 unspecified atom stereocenters. The van der Waals surface area contributed by atoms with Crippen LogP contribution < -0.4 is 15.5 Å². The van der Waals surface area contributed by atoms with Gasteiger partial charge in [0.1, 0.15) is 16.8 Å². The van der Waals surface area contributed by atoms with Crippen LogP contribution in [-0.4, -0.2) is 39.1 Å². The Hall–Kier alpha value is -3.98. The van der Waals surface area contributed by atoms with Crippen LogP contribution in [0.2, 0.25) is 0 Å². The molecule has 0 bridgehead atoms. The van der Waals surface area contributed by atoms with Crippen molar-refractivity contribution < 1.29 is 9.21 Å². The summed E-state index contributed by atoms with van der Waals surface area (Å²) in [4.78, 5) is 16.1. The fourth-order valence-electron chi connectivity index (χ4n) is 3.81. The molecule has 4 aromatic rings. The number of nitrogens with zero attached hydrogens (tertiary/aromatic N) is 4. The van der Waals surface area contributed by atoms with Crippen molar-refractivity contribution in [2.45, 2.75) is 27.7 Å². The van der Waals surface area contributed by atoms with E-state index in [1.165, 1.54) is 11.8 Å². The summed E-state index contributed by atoms with van der Waals surface area (Å²) < 4.78 is 5.18. The van der Waals surface area contributed by atoms with Gasteiger partial charge in [-0.3, -0.25) is 10.1 Å². The van der Waals surface area contributed by atoms with Crippen LogP contribution in [0.4, 0.5) is 11.4 Å². The highest BCUT2D eigenvalue weighted by atomic mass is 32.1. The molecular weight excluding hydrogens is 460 g/mol. The number of hydrogen-bond donors (Lipinski definition) is 2. The standard InChI is InChI=1S/C26H28N6O2S/c1-5-31(6-2)19-9-11-24(18(4)14-19)32-29-22-15-17(3)21(16-23(22)30-32)27-26(35)28-25(33)12-10-20-8-7-13-34-20/h7-16H,5-6H2,1-4H3,(H2,27,28,33,35)/b12-10+. The minimum Gasteiger partial charge on any atom is -0.465 e. The van der Waals surface area contributed by atoms with Crippen molar-refractivity contribution >= 4 is 51.7 Å². The first-order valence-electron chi connectivity index (χ1n) is 11.4. The zero-order chi connectivity index (χ0) is 24.9. The Morgan fingerprint density at radius 3 is 2.49 bits per heavy atom. The summed E-state index contributed by atoms with van der Waals surface area (Å²) in [5.41, 5.74) is 6.38. The summed E-state index contributed by atoms with van der Waals surface area (Å²) >= 11 is 5.32. The number of fused-ring (bicyclic) bond motifs is 1. The van der Waals surface area contributed by atoms with E-state index in [1.54, 1.807) is 29.3 Å². The number of aromatic nitrogens is 3. The van der Waals surface area contributed by atoms with Gasteiger partial charge in [-0.1, -0.05) is 0 Å². The lowest BCUT2D eigenvalue weighted by molar-refractivity contribution is -0.115. The fourth-order valence-corrected chi connectivity index (χ4v) is 4.02. The molecule has 9 heteroatoms. The lowest BCUT2D eigenvalue weighted by Crippen LogP contribution is -2.33. The molecule has 0 atom stereocenters. The quantitative estimate of drug-likeness (QED) is 0.279. The summed E-state index contributed by atoms with van der Waals surface area (Å²) in [6, 6.07) is 13.6. The number of hydrogen-bond acceptors (Lipinski definition) is 6. The predicted octanol–water partition coefficient (Wildman–Crippen LogP) is 5.00. The molecule has 4 rings (SSSR count). The van der Waals surface area contributed by atoms with Crippen molar-refractivity contribution in [3.63, 3.8) is 0 Å². The summed E-state index contributed by atoms with van der Waals surface area (Å²) in [7, 11) is 0. The Morgan fingerprint density at radius 2 is 1.83 bits per heavy atom. The number of amides is 1. The minimum atomic E-state index is -0.354. The Kier molecular flexibility index (Phi) is 7.26. The first kappa shape index (κ1) is 24.2. The first-order chi connectivity index (χ1) is 16.9. The molecular formula is C26H28N6O2S. The van der Waals surface area contributed by atoms with Crippen molar-refractivity contribution in [2.24, 2.45) is 0 Å². The van der Waals surface area contributed by atoms with Gasteiger partial charge in [-0.15, -0.1) is 10.2 Å². The highest BCUT2D eigenvalue weighted by Gasteiger charge is 2.12. The van der Waals surface area contributed by atoms with Crippen molar-refractivity contribution in [3.8, 4) is 5.69 Å². The second-order valence-corrected chi connectivity index (χ2v) is 8.49. The van der Waals surface area contributed by atoms with E-state index in [9.17, 15) is 4.79 Å². The molecule has 0 saturated carbocycles. The maximum atomic E-state index is 12.1. The van der Waals surface area contributed by atoms with Crippen molar-refractivity contribution in [1.82, 2.24) is 20.3 Å². The van der Waals surface area contributed by atoms with Crippen LogP contribution in [0.1, 0.15) is 30.7 Å². The number of anilines is 2. The van der Waals surface area contributed by atoms with Gasteiger partial charge in [-0.2, -0.15) is 4.80 Å². The number of carbonyl (C=O) groups is 1. The molecule has 0 aliphatic rings. The lowest BCUT2D eigenvalue weighted by atomic mass is 10.1. The van der Waals surface area contributed by atoms with Gasteiger partial charge in [0, 0.05) is 30.5 Å². The van der Waals surface area contributed by atoms with Crippen LogP contribution in [0.3, 0.4) is 0 Å². The molecule has 0 spiro atoms. The minimum absolute atomic E-state index is 0.191. The third-order valence-electron chi connectivity index (χ3n) is 5.68. The van der Waals surface area contributed by atoms with Crippen molar-refractivity contribution in [2.75, 3.05) is 23.3 Å². The number of benzene rings is 2. The van der Waals surface area contributed by atoms with E-state index in [2.05, 4.69) is 64.7 Å². The molecule has 2 aromatic carbocycles. The van der Waals surface area contributed by atoms with Gasteiger partial charge in [0.15, 0.2) is 5.11 Å². The highest BCUT2D eigenvalue weighted by molar-refractivity contribution is 7.80. The summed E-state index contributed by atoms with van der Waals surface area (Å²) in [5.74, 6) is 0.230. The summed E-state index contributed by atoms with van der Waals surface area (Å²) in [6.07, 6.45) is 4.48. The Labute approximate surface area is 209 Å². The van der Waals surface area contributed by atoms with Crippen molar-refractivity contribution in [3.05, 3.63) is 71.7 Å². The van der Waals surface area contributed by atoms with Crippen LogP contribution in [0.5, 0.6) is 0 Å². The topological polar surface area (TPSA) is 88.2 Å². The van der Waals surface area contributed by atoms with Gasteiger partial charge in [-0.05, 0) is 99.6 Å². The normalized spacial score (nSPS) is 11.2. The number of rotatable bonds is 7. The highest BCUT2D eigenvalue weighted by Crippen LogP contribution is 2.25. The number of furan rings is 1. The molecule has 0 radical (unpaired) electrons. The van der Waals surface area contributed by atoms with Gasteiger partial charge < -0.3 is 14.6 Å². The molecule has 2 aromatic heterocycles. The molecule has 0 aliphatic carbocycles. The van der Waals surface area contributed by atoms with E-state index in [4.69, 9.17) is 16.6 Å². The molecule has 0 fully saturated rings. The van der Waals surface area contributed by atoms with E-state index in [0.29, 0.717) is 5.76 Å². The fraction of sp³-hybridized carbons (Fsp3) is 0.231. The van der Waals surface area contributed by atoms with Gasteiger partial charge in [0.25, 0.3) is 0 Å². The van der Waals surface area contributed by atoms with Crippen LogP contribution in [-0.2, 0) is 4.79 Å². The zero-order valence-electron chi connectivity index (χ0n) is 20.2. The number of aryl methyl sites for hydroxylation is 2. The monoisotopic (exact) mass is 488 g/mol. The average Bonchev–Trinajstić information content (AvgIpc) is 3.48. The SMILES string of the molecule is CCN(CC)c1ccc(-n2nc3cc(C)c(NC(=S)NC(=O)/C=C/c4ccco4)cc3n2)c(C)c1. The third-order valence-corrected chi connectivity index (χ3v) is 5.88. The van der Waals surface area contributed by atoms with E-state index in [1.807, 2.05) is 19.1 Å². The number of carbonyl (C=O) groups excluding carboxylic acids is 1. The maximum Gasteiger partial charge on any atom is 0.250 e. The average molecular weight is 489 g/mol. The molecule has 35 heavy (non-hydrogen) atoms. The predicted molar refractivity (Wildman–Crippen MR) is 144 cm³/mol. The van der Waals surface area contributed by atoms with Gasteiger partial charge >= 0.3 is 0 Å².